The van der Waals surface area contributed by atoms with Gasteiger partial charge in [0.1, 0.15) is 5.75 Å². The van der Waals surface area contributed by atoms with Crippen molar-refractivity contribution in [3.05, 3.63) is 29.8 Å². The molecule has 0 heterocycles. The lowest BCUT2D eigenvalue weighted by Crippen LogP contribution is -2.37. The van der Waals surface area contributed by atoms with Gasteiger partial charge in [-0.05, 0) is 30.7 Å². The van der Waals surface area contributed by atoms with Crippen molar-refractivity contribution < 1.29 is 23.9 Å². The van der Waals surface area contributed by atoms with Crippen molar-refractivity contribution in [2.45, 2.75) is 13.3 Å². The first-order valence-electron chi connectivity index (χ1n) is 6.02. The van der Waals surface area contributed by atoms with Gasteiger partial charge >= 0.3 is 12.0 Å². The molecule has 0 aromatic heterocycles. The molecule has 0 aliphatic carbocycles. The van der Waals surface area contributed by atoms with Crippen molar-refractivity contribution in [1.82, 2.24) is 5.32 Å². The average Bonchev–Trinajstić information content (AvgIpc) is 2.42. The van der Waals surface area contributed by atoms with Crippen molar-refractivity contribution in [2.24, 2.45) is 5.73 Å². The molecule has 1 aromatic carbocycles. The molecule has 0 radical (unpaired) electrons. The highest BCUT2D eigenvalue weighted by Crippen LogP contribution is 2.13. The van der Waals surface area contributed by atoms with Gasteiger partial charge in [0.2, 0.25) is 0 Å². The highest BCUT2D eigenvalue weighted by Gasteiger charge is 2.11. The fraction of sp³-hybridized carbons (Fsp3) is 0.308. The standard InChI is InChI=1S/C13H16N2O5/c1-2-7-19-10-5-3-9(4-6-10)12(17)20-8-11(16)15-13(14)18/h3-6H,2,7-8H2,1H3,(H3,14,15,16,18). The van der Waals surface area contributed by atoms with Crippen molar-refractivity contribution in [2.75, 3.05) is 13.2 Å². The maximum Gasteiger partial charge on any atom is 0.338 e. The summed E-state index contributed by atoms with van der Waals surface area (Å²) in [7, 11) is 0. The van der Waals surface area contributed by atoms with E-state index in [1.54, 1.807) is 17.4 Å². The predicted molar refractivity (Wildman–Crippen MR) is 70.2 cm³/mol. The van der Waals surface area contributed by atoms with Crippen LogP contribution in [0.15, 0.2) is 24.3 Å². The molecule has 0 saturated heterocycles. The van der Waals surface area contributed by atoms with Crippen LogP contribution in [0.3, 0.4) is 0 Å². The van der Waals surface area contributed by atoms with E-state index in [-0.39, 0.29) is 5.56 Å². The van der Waals surface area contributed by atoms with Gasteiger partial charge in [-0.15, -0.1) is 0 Å². The first-order valence-corrected chi connectivity index (χ1v) is 6.02. The molecule has 0 aliphatic heterocycles. The largest absolute Gasteiger partial charge is 0.494 e. The lowest BCUT2D eigenvalue weighted by atomic mass is 10.2. The van der Waals surface area contributed by atoms with Crippen LogP contribution >= 0.6 is 0 Å². The summed E-state index contributed by atoms with van der Waals surface area (Å²) in [4.78, 5) is 33.0. The Morgan fingerprint density at radius 3 is 2.40 bits per heavy atom. The third-order valence-electron chi connectivity index (χ3n) is 2.16. The van der Waals surface area contributed by atoms with Gasteiger partial charge in [-0.2, -0.15) is 0 Å². The van der Waals surface area contributed by atoms with Gasteiger partial charge in [-0.1, -0.05) is 6.92 Å². The highest BCUT2D eigenvalue weighted by molar-refractivity contribution is 5.96. The van der Waals surface area contributed by atoms with E-state index in [4.69, 9.17) is 15.2 Å². The Labute approximate surface area is 116 Å². The first kappa shape index (κ1) is 15.5. The van der Waals surface area contributed by atoms with Gasteiger partial charge in [0.15, 0.2) is 6.61 Å². The Hall–Kier alpha value is -2.57. The predicted octanol–water partition coefficient (Wildman–Crippen LogP) is 0.827. The molecule has 7 nitrogen and oxygen atoms in total. The van der Waals surface area contributed by atoms with Gasteiger partial charge in [-0.3, -0.25) is 10.1 Å². The first-order chi connectivity index (χ1) is 9.52. The number of benzene rings is 1. The molecule has 1 rings (SSSR count). The number of urea groups is 1. The summed E-state index contributed by atoms with van der Waals surface area (Å²) in [5.74, 6) is -0.810. The van der Waals surface area contributed by atoms with E-state index >= 15 is 0 Å². The number of amides is 3. The van der Waals surface area contributed by atoms with E-state index in [1.165, 1.54) is 12.1 Å². The fourth-order valence-corrected chi connectivity index (χ4v) is 1.30. The minimum absolute atomic E-state index is 0.278. The molecule has 20 heavy (non-hydrogen) atoms. The smallest absolute Gasteiger partial charge is 0.338 e. The molecule has 108 valence electrons. The second-order valence-corrected chi connectivity index (χ2v) is 3.86. The van der Waals surface area contributed by atoms with Gasteiger partial charge in [0.25, 0.3) is 5.91 Å². The van der Waals surface area contributed by atoms with Crippen molar-refractivity contribution in [3.63, 3.8) is 0 Å². The number of carbonyl (C=O) groups excluding carboxylic acids is 3. The Morgan fingerprint density at radius 1 is 1.20 bits per heavy atom. The zero-order valence-electron chi connectivity index (χ0n) is 11.0. The van der Waals surface area contributed by atoms with Crippen LogP contribution in [0, 0.1) is 0 Å². The van der Waals surface area contributed by atoms with E-state index in [0.29, 0.717) is 12.4 Å². The second kappa shape index (κ2) is 7.78. The molecule has 3 amide bonds. The molecule has 0 spiro atoms. The van der Waals surface area contributed by atoms with E-state index in [1.807, 2.05) is 6.92 Å². The summed E-state index contributed by atoms with van der Waals surface area (Å²) in [5, 5.41) is 1.78. The van der Waals surface area contributed by atoms with Crippen LogP contribution in [0.1, 0.15) is 23.7 Å². The Morgan fingerprint density at radius 2 is 1.85 bits per heavy atom. The minimum Gasteiger partial charge on any atom is -0.494 e. The number of hydrogen-bond acceptors (Lipinski definition) is 5. The number of rotatable bonds is 6. The molecule has 7 heteroatoms. The zero-order valence-corrected chi connectivity index (χ0v) is 11.0. The van der Waals surface area contributed by atoms with Gasteiger partial charge in [0.05, 0.1) is 12.2 Å². The normalized spacial score (nSPS) is 9.65. The van der Waals surface area contributed by atoms with Crippen LogP contribution in [0.5, 0.6) is 5.75 Å². The number of nitrogens with one attached hydrogen (secondary N) is 1. The van der Waals surface area contributed by atoms with Crippen LogP contribution in [-0.2, 0) is 9.53 Å². The quantitative estimate of drug-likeness (QED) is 0.750. The maximum atomic E-state index is 11.6. The monoisotopic (exact) mass is 280 g/mol. The van der Waals surface area contributed by atoms with Crippen LogP contribution < -0.4 is 15.8 Å². The van der Waals surface area contributed by atoms with Crippen LogP contribution in [0.25, 0.3) is 0 Å². The minimum atomic E-state index is -0.997. The topological polar surface area (TPSA) is 108 Å². The summed E-state index contributed by atoms with van der Waals surface area (Å²) in [6.45, 7) is 2.01. The van der Waals surface area contributed by atoms with Crippen LogP contribution in [0.4, 0.5) is 4.79 Å². The van der Waals surface area contributed by atoms with Gasteiger partial charge in [0, 0.05) is 0 Å². The second-order valence-electron chi connectivity index (χ2n) is 3.86. The van der Waals surface area contributed by atoms with E-state index < -0.39 is 24.5 Å². The van der Waals surface area contributed by atoms with E-state index in [9.17, 15) is 14.4 Å². The third-order valence-corrected chi connectivity index (χ3v) is 2.16. The Kier molecular flexibility index (Phi) is 6.02. The summed E-state index contributed by atoms with van der Waals surface area (Å²) < 4.78 is 10.1. The molecule has 1 aromatic rings. The fourth-order valence-electron chi connectivity index (χ4n) is 1.30. The SMILES string of the molecule is CCCOc1ccc(C(=O)OCC(=O)NC(N)=O)cc1. The highest BCUT2D eigenvalue weighted by atomic mass is 16.5. The number of ether oxygens (including phenoxy) is 2. The number of nitrogens with two attached hydrogens (primary N) is 1. The number of esters is 1. The Bertz CT molecular complexity index is 484. The number of imide groups is 1. The number of hydrogen-bond donors (Lipinski definition) is 2. The molecule has 0 unspecified atom stereocenters. The molecule has 0 bridgehead atoms. The maximum absolute atomic E-state index is 11.6. The molecule has 0 saturated carbocycles. The van der Waals surface area contributed by atoms with Gasteiger partial charge < -0.3 is 15.2 Å². The summed E-state index contributed by atoms with van der Waals surface area (Å²) in [5.41, 5.74) is 5.02. The summed E-state index contributed by atoms with van der Waals surface area (Å²) in [6.07, 6.45) is 0.888. The number of primary amides is 1. The molecular weight excluding hydrogens is 264 g/mol. The Balaban J connectivity index is 2.47. The van der Waals surface area contributed by atoms with E-state index in [2.05, 4.69) is 0 Å². The van der Waals surface area contributed by atoms with Crippen molar-refractivity contribution in [1.29, 1.82) is 0 Å². The summed E-state index contributed by atoms with van der Waals surface area (Å²) in [6, 6.07) is 5.33. The molecular formula is C13H16N2O5. The van der Waals surface area contributed by atoms with Gasteiger partial charge in [-0.25, -0.2) is 9.59 Å². The average molecular weight is 280 g/mol. The molecule has 3 N–H and O–H groups in total. The lowest BCUT2D eigenvalue weighted by Gasteiger charge is -2.06. The lowest BCUT2D eigenvalue weighted by molar-refractivity contribution is -0.123. The molecule has 0 aliphatic rings. The van der Waals surface area contributed by atoms with Crippen LogP contribution in [-0.4, -0.2) is 31.1 Å². The molecule has 0 atom stereocenters. The number of carbonyl (C=O) groups is 3. The summed E-state index contributed by atoms with van der Waals surface area (Å²) >= 11 is 0. The van der Waals surface area contributed by atoms with Crippen molar-refractivity contribution >= 4 is 17.9 Å². The van der Waals surface area contributed by atoms with Crippen LogP contribution in [0.2, 0.25) is 0 Å². The van der Waals surface area contributed by atoms with E-state index in [0.717, 1.165) is 6.42 Å². The third kappa shape index (κ3) is 5.38. The zero-order chi connectivity index (χ0) is 15.0. The van der Waals surface area contributed by atoms with Crippen molar-refractivity contribution in [3.8, 4) is 5.75 Å². The molecule has 0 fully saturated rings.